The van der Waals surface area contributed by atoms with E-state index in [-0.39, 0.29) is 0 Å². The summed E-state index contributed by atoms with van der Waals surface area (Å²) in [6.45, 7) is 9.32. The third-order valence-corrected chi connectivity index (χ3v) is 3.02. The molecule has 1 atom stereocenters. The van der Waals surface area contributed by atoms with E-state index in [1.165, 1.54) is 51.6 Å². The fraction of sp³-hybridized carbons (Fsp3) is 1.00. The summed E-state index contributed by atoms with van der Waals surface area (Å²) >= 11 is 0. The molecule has 0 aromatic carbocycles. The van der Waals surface area contributed by atoms with E-state index in [0.717, 1.165) is 5.92 Å². The van der Waals surface area contributed by atoms with E-state index < -0.39 is 0 Å². The number of hydrogen-bond donors (Lipinski definition) is 0. The minimum atomic E-state index is 0.941. The minimum Gasteiger partial charge on any atom is -0.306 e. The van der Waals surface area contributed by atoms with Gasteiger partial charge in [-0.25, -0.2) is 0 Å². The van der Waals surface area contributed by atoms with Crippen LogP contribution < -0.4 is 0 Å². The molecule has 0 aliphatic heterocycles. The Bertz CT molecular complexity index is 112. The number of rotatable bonds is 9. The van der Waals surface area contributed by atoms with Crippen molar-refractivity contribution in [1.29, 1.82) is 0 Å². The molecule has 1 unspecified atom stereocenters. The summed E-state index contributed by atoms with van der Waals surface area (Å²) in [6, 6.07) is 0. The number of hydrogen-bond acceptors (Lipinski definition) is 1. The predicted molar refractivity (Wildman–Crippen MR) is 65.7 cm³/mol. The summed E-state index contributed by atoms with van der Waals surface area (Å²) in [5.74, 6) is 0.941. The first-order chi connectivity index (χ1) is 6.74. The molecular weight excluding hydrogens is 170 g/mol. The van der Waals surface area contributed by atoms with Gasteiger partial charge in [0.1, 0.15) is 0 Å². The normalized spacial score (nSPS) is 13.5. The largest absolute Gasteiger partial charge is 0.306 e. The Hall–Kier alpha value is -0.0400. The molecule has 14 heavy (non-hydrogen) atoms. The van der Waals surface area contributed by atoms with Gasteiger partial charge in [-0.2, -0.15) is 0 Å². The quantitative estimate of drug-likeness (QED) is 0.508. The zero-order valence-corrected chi connectivity index (χ0v) is 10.7. The highest BCUT2D eigenvalue weighted by atomic mass is 15.1. The van der Waals surface area contributed by atoms with Crippen LogP contribution in [-0.2, 0) is 0 Å². The maximum absolute atomic E-state index is 2.45. The zero-order chi connectivity index (χ0) is 10.8. The first kappa shape index (κ1) is 14.0. The van der Waals surface area contributed by atoms with Gasteiger partial charge in [-0.05, 0) is 32.4 Å². The van der Waals surface area contributed by atoms with E-state index in [2.05, 4.69) is 32.7 Å². The second kappa shape index (κ2) is 9.51. The summed E-state index contributed by atoms with van der Waals surface area (Å²) in [5, 5.41) is 0. The van der Waals surface area contributed by atoms with Gasteiger partial charge in [-0.3, -0.25) is 0 Å². The fourth-order valence-electron chi connectivity index (χ4n) is 1.99. The van der Waals surface area contributed by atoms with Gasteiger partial charge in [0, 0.05) is 6.54 Å². The predicted octanol–water partition coefficient (Wildman–Crippen LogP) is 3.93. The van der Waals surface area contributed by atoms with E-state index in [9.17, 15) is 0 Å². The molecule has 0 heterocycles. The van der Waals surface area contributed by atoms with E-state index >= 15 is 0 Å². The molecule has 0 radical (unpaired) electrons. The molecule has 0 spiro atoms. The molecule has 0 amide bonds. The van der Waals surface area contributed by atoms with Crippen molar-refractivity contribution in [3.8, 4) is 0 Å². The zero-order valence-electron chi connectivity index (χ0n) is 10.7. The average Bonchev–Trinajstić information content (AvgIpc) is 2.18. The van der Waals surface area contributed by atoms with Crippen molar-refractivity contribution in [3.63, 3.8) is 0 Å². The lowest BCUT2D eigenvalue weighted by molar-refractivity contribution is 0.263. The Morgan fingerprint density at radius 2 is 1.64 bits per heavy atom. The van der Waals surface area contributed by atoms with Gasteiger partial charge in [0.25, 0.3) is 0 Å². The maximum atomic E-state index is 2.45. The molecule has 0 aromatic rings. The standard InChI is InChI=1S/C13H29N/c1-5-8-9-11-13(10-6-2)12-14(4)7-3/h13H,5-12H2,1-4H3. The monoisotopic (exact) mass is 199 g/mol. The summed E-state index contributed by atoms with van der Waals surface area (Å²) in [7, 11) is 2.24. The smallest absolute Gasteiger partial charge is 0.000649 e. The van der Waals surface area contributed by atoms with Gasteiger partial charge >= 0.3 is 0 Å². The molecule has 0 aliphatic rings. The Labute approximate surface area is 90.9 Å². The molecule has 0 N–H and O–H groups in total. The second-order valence-corrected chi connectivity index (χ2v) is 4.51. The van der Waals surface area contributed by atoms with Gasteiger partial charge in [0.15, 0.2) is 0 Å². The lowest BCUT2D eigenvalue weighted by atomic mass is 9.96. The van der Waals surface area contributed by atoms with E-state index in [1.807, 2.05) is 0 Å². The lowest BCUT2D eigenvalue weighted by Crippen LogP contribution is -2.25. The molecule has 0 rings (SSSR count). The molecule has 0 saturated carbocycles. The molecule has 0 saturated heterocycles. The van der Waals surface area contributed by atoms with Crippen molar-refractivity contribution in [3.05, 3.63) is 0 Å². The molecule has 1 heteroatoms. The highest BCUT2D eigenvalue weighted by Gasteiger charge is 2.09. The number of nitrogens with zero attached hydrogens (tertiary/aromatic N) is 1. The summed E-state index contributed by atoms with van der Waals surface area (Å²) < 4.78 is 0. The summed E-state index contributed by atoms with van der Waals surface area (Å²) in [6.07, 6.45) is 8.38. The minimum absolute atomic E-state index is 0.941. The molecule has 0 bridgehead atoms. The molecule has 86 valence electrons. The second-order valence-electron chi connectivity index (χ2n) is 4.51. The van der Waals surface area contributed by atoms with E-state index in [0.29, 0.717) is 0 Å². The van der Waals surface area contributed by atoms with Crippen LogP contribution in [0, 0.1) is 5.92 Å². The van der Waals surface area contributed by atoms with Crippen molar-refractivity contribution in [1.82, 2.24) is 4.90 Å². The third kappa shape index (κ3) is 7.37. The van der Waals surface area contributed by atoms with Gasteiger partial charge in [-0.15, -0.1) is 0 Å². The van der Waals surface area contributed by atoms with Crippen LogP contribution in [0.4, 0.5) is 0 Å². The third-order valence-electron chi connectivity index (χ3n) is 3.02. The SMILES string of the molecule is CCCCCC(CCC)CN(C)CC. The Balaban J connectivity index is 3.65. The van der Waals surface area contributed by atoms with Crippen LogP contribution in [0.5, 0.6) is 0 Å². The van der Waals surface area contributed by atoms with Gasteiger partial charge in [0.2, 0.25) is 0 Å². The van der Waals surface area contributed by atoms with Gasteiger partial charge < -0.3 is 4.90 Å². The van der Waals surface area contributed by atoms with E-state index in [1.54, 1.807) is 0 Å². The highest BCUT2D eigenvalue weighted by Crippen LogP contribution is 2.16. The number of unbranched alkanes of at least 4 members (excludes halogenated alkanes) is 2. The van der Waals surface area contributed by atoms with Crippen LogP contribution in [0.25, 0.3) is 0 Å². The van der Waals surface area contributed by atoms with E-state index in [4.69, 9.17) is 0 Å². The van der Waals surface area contributed by atoms with Crippen molar-refractivity contribution in [2.75, 3.05) is 20.1 Å². The van der Waals surface area contributed by atoms with Crippen molar-refractivity contribution in [2.45, 2.75) is 59.3 Å². The molecular formula is C13H29N. The van der Waals surface area contributed by atoms with Crippen molar-refractivity contribution in [2.24, 2.45) is 5.92 Å². The Kier molecular flexibility index (Phi) is 9.49. The maximum Gasteiger partial charge on any atom is 0.000649 e. The molecule has 1 nitrogen and oxygen atoms in total. The van der Waals surface area contributed by atoms with Crippen molar-refractivity contribution < 1.29 is 0 Å². The highest BCUT2D eigenvalue weighted by molar-refractivity contribution is 4.63. The summed E-state index contributed by atoms with van der Waals surface area (Å²) in [4.78, 5) is 2.45. The van der Waals surface area contributed by atoms with Crippen LogP contribution in [0.1, 0.15) is 59.3 Å². The van der Waals surface area contributed by atoms with Crippen LogP contribution in [0.15, 0.2) is 0 Å². The summed E-state index contributed by atoms with van der Waals surface area (Å²) in [5.41, 5.74) is 0. The Morgan fingerprint density at radius 3 is 2.14 bits per heavy atom. The first-order valence-electron chi connectivity index (χ1n) is 6.43. The van der Waals surface area contributed by atoms with Crippen LogP contribution >= 0.6 is 0 Å². The van der Waals surface area contributed by atoms with Gasteiger partial charge in [0.05, 0.1) is 0 Å². The Morgan fingerprint density at radius 1 is 0.929 bits per heavy atom. The molecule has 0 fully saturated rings. The average molecular weight is 199 g/mol. The van der Waals surface area contributed by atoms with Crippen LogP contribution in [-0.4, -0.2) is 25.0 Å². The topological polar surface area (TPSA) is 3.24 Å². The lowest BCUT2D eigenvalue weighted by Gasteiger charge is -2.22. The molecule has 0 aromatic heterocycles. The molecule has 0 aliphatic carbocycles. The van der Waals surface area contributed by atoms with Crippen LogP contribution in [0.2, 0.25) is 0 Å². The van der Waals surface area contributed by atoms with Gasteiger partial charge in [-0.1, -0.05) is 46.5 Å². The van der Waals surface area contributed by atoms with Crippen LogP contribution in [0.3, 0.4) is 0 Å². The fourth-order valence-corrected chi connectivity index (χ4v) is 1.99. The van der Waals surface area contributed by atoms with Crippen molar-refractivity contribution >= 4 is 0 Å². The first-order valence-corrected chi connectivity index (χ1v) is 6.43.